The summed E-state index contributed by atoms with van der Waals surface area (Å²) in [7, 11) is 0. The molecule has 0 saturated carbocycles. The molecule has 1 aliphatic rings. The highest BCUT2D eigenvalue weighted by atomic mass is 19.1. The fourth-order valence-corrected chi connectivity index (χ4v) is 3.26. The fourth-order valence-electron chi connectivity index (χ4n) is 3.26. The van der Waals surface area contributed by atoms with E-state index in [1.807, 2.05) is 38.7 Å². The number of nitrogens with one attached hydrogen (secondary N) is 1. The van der Waals surface area contributed by atoms with Crippen LogP contribution < -0.4 is 10.2 Å². The van der Waals surface area contributed by atoms with Crippen LogP contribution in [0.2, 0.25) is 0 Å². The number of halogens is 2. The number of aromatic nitrogens is 1. The van der Waals surface area contributed by atoms with Gasteiger partial charge in [0.15, 0.2) is 0 Å². The molecule has 0 aliphatic carbocycles. The minimum absolute atomic E-state index is 0.0544. The fraction of sp³-hybridized carbons (Fsp3) is 0.429. The van der Waals surface area contributed by atoms with E-state index in [4.69, 9.17) is 0 Å². The van der Waals surface area contributed by atoms with Crippen LogP contribution in [0.25, 0.3) is 0 Å². The van der Waals surface area contributed by atoms with Crippen LogP contribution in [-0.2, 0) is 17.8 Å². The summed E-state index contributed by atoms with van der Waals surface area (Å²) in [5.74, 6) is -0.593. The number of hydrogen-bond donors (Lipinski definition) is 1. The van der Waals surface area contributed by atoms with Gasteiger partial charge in [0, 0.05) is 37.6 Å². The summed E-state index contributed by atoms with van der Waals surface area (Å²) in [6.07, 6.45) is 1.14. The molecule has 2 heterocycles. The van der Waals surface area contributed by atoms with Crippen molar-refractivity contribution >= 4 is 17.4 Å². The van der Waals surface area contributed by atoms with Crippen LogP contribution in [0.4, 0.5) is 20.3 Å². The first-order valence-corrected chi connectivity index (χ1v) is 9.11. The van der Waals surface area contributed by atoms with E-state index in [-0.39, 0.29) is 11.3 Å². The molecule has 1 amide bonds. The first-order valence-electron chi connectivity index (χ1n) is 9.11. The Hall–Kier alpha value is -2.50. The summed E-state index contributed by atoms with van der Waals surface area (Å²) < 4.78 is 27.1. The van der Waals surface area contributed by atoms with Crippen LogP contribution in [0.1, 0.15) is 44.0 Å². The maximum Gasteiger partial charge on any atom is 0.226 e. The number of pyridine rings is 1. The topological polar surface area (TPSA) is 45.2 Å². The minimum atomic E-state index is -0.578. The summed E-state index contributed by atoms with van der Waals surface area (Å²) in [6.45, 7) is 9.01. The number of amides is 1. The third-order valence-corrected chi connectivity index (χ3v) is 4.55. The van der Waals surface area contributed by atoms with Gasteiger partial charge in [0.25, 0.3) is 0 Å². The van der Waals surface area contributed by atoms with Crippen molar-refractivity contribution in [1.82, 2.24) is 4.98 Å². The molecule has 0 bridgehead atoms. The summed E-state index contributed by atoms with van der Waals surface area (Å²) >= 11 is 0. The van der Waals surface area contributed by atoms with Crippen LogP contribution in [0.3, 0.4) is 0 Å². The molecule has 0 atom stereocenters. The van der Waals surface area contributed by atoms with Crippen molar-refractivity contribution < 1.29 is 13.6 Å². The van der Waals surface area contributed by atoms with E-state index in [0.29, 0.717) is 30.9 Å². The Labute approximate surface area is 158 Å². The molecule has 6 heteroatoms. The zero-order chi connectivity index (χ0) is 19.8. The summed E-state index contributed by atoms with van der Waals surface area (Å²) in [4.78, 5) is 18.9. The third-order valence-electron chi connectivity index (χ3n) is 4.55. The number of fused-ring (bicyclic) bond motifs is 1. The summed E-state index contributed by atoms with van der Waals surface area (Å²) in [5.41, 5.74) is 3.04. The number of anilines is 2. The van der Waals surface area contributed by atoms with Gasteiger partial charge in [-0.1, -0.05) is 26.8 Å². The maximum atomic E-state index is 14.0. The van der Waals surface area contributed by atoms with Gasteiger partial charge in [-0.3, -0.25) is 4.79 Å². The Kier molecular flexibility index (Phi) is 5.18. The van der Waals surface area contributed by atoms with Gasteiger partial charge >= 0.3 is 0 Å². The lowest BCUT2D eigenvalue weighted by atomic mass is 9.92. The summed E-state index contributed by atoms with van der Waals surface area (Å²) in [6, 6.07) is 5.63. The van der Waals surface area contributed by atoms with Crippen LogP contribution in [0.15, 0.2) is 24.3 Å². The van der Waals surface area contributed by atoms with Crippen molar-refractivity contribution in [2.75, 3.05) is 16.8 Å². The Morgan fingerprint density at radius 2 is 2.00 bits per heavy atom. The molecule has 1 aromatic carbocycles. The highest BCUT2D eigenvalue weighted by molar-refractivity contribution is 5.91. The molecule has 1 aromatic heterocycles. The number of rotatable bonds is 4. The van der Waals surface area contributed by atoms with Gasteiger partial charge in [0.1, 0.15) is 17.5 Å². The third kappa shape index (κ3) is 4.62. The summed E-state index contributed by atoms with van der Waals surface area (Å²) in [5, 5.41) is 2.91. The van der Waals surface area contributed by atoms with E-state index >= 15 is 0 Å². The monoisotopic (exact) mass is 373 g/mol. The van der Waals surface area contributed by atoms with Gasteiger partial charge in [-0.2, -0.15) is 0 Å². The van der Waals surface area contributed by atoms with Crippen LogP contribution in [0, 0.1) is 24.0 Å². The zero-order valence-corrected chi connectivity index (χ0v) is 16.2. The molecule has 0 fully saturated rings. The molecular formula is C21H25F2N3O. The lowest BCUT2D eigenvalue weighted by Gasteiger charge is -2.21. The number of carbonyl (C=O) groups is 1. The number of carbonyl (C=O) groups excluding carboxylic acids is 1. The average Bonchev–Trinajstić information content (AvgIpc) is 2.90. The van der Waals surface area contributed by atoms with Crippen molar-refractivity contribution in [3.8, 4) is 0 Å². The smallest absolute Gasteiger partial charge is 0.226 e. The van der Waals surface area contributed by atoms with Crippen molar-refractivity contribution in [3.05, 3.63) is 52.7 Å². The number of hydrogen-bond acceptors (Lipinski definition) is 3. The molecule has 144 valence electrons. The molecule has 27 heavy (non-hydrogen) atoms. The Balaban J connectivity index is 1.78. The lowest BCUT2D eigenvalue weighted by molar-refractivity contribution is -0.117. The van der Waals surface area contributed by atoms with E-state index in [1.54, 1.807) is 0 Å². The van der Waals surface area contributed by atoms with Gasteiger partial charge < -0.3 is 10.2 Å². The quantitative estimate of drug-likeness (QED) is 0.852. The first kappa shape index (κ1) is 19.3. The predicted octanol–water partition coefficient (Wildman–Crippen LogP) is 4.61. The van der Waals surface area contributed by atoms with Crippen molar-refractivity contribution in [3.63, 3.8) is 0 Å². The molecule has 3 rings (SSSR count). The molecule has 4 nitrogen and oxygen atoms in total. The van der Waals surface area contributed by atoms with Gasteiger partial charge in [-0.15, -0.1) is 0 Å². The normalized spacial score (nSPS) is 13.6. The molecule has 0 radical (unpaired) electrons. The predicted molar refractivity (Wildman–Crippen MR) is 103 cm³/mol. The largest absolute Gasteiger partial charge is 0.365 e. The Morgan fingerprint density at radius 1 is 1.26 bits per heavy atom. The number of nitrogens with zero attached hydrogens (tertiary/aromatic N) is 2. The highest BCUT2D eigenvalue weighted by Gasteiger charge is 2.24. The van der Waals surface area contributed by atoms with Gasteiger partial charge in [-0.05, 0) is 30.0 Å². The van der Waals surface area contributed by atoms with Crippen molar-refractivity contribution in [2.24, 2.45) is 5.41 Å². The zero-order valence-electron chi connectivity index (χ0n) is 16.2. The van der Waals surface area contributed by atoms with E-state index < -0.39 is 11.6 Å². The average molecular weight is 373 g/mol. The number of benzene rings is 1. The molecule has 0 spiro atoms. The first-order chi connectivity index (χ1) is 12.6. The van der Waals surface area contributed by atoms with Crippen LogP contribution >= 0.6 is 0 Å². The van der Waals surface area contributed by atoms with E-state index in [9.17, 15) is 13.6 Å². The van der Waals surface area contributed by atoms with Gasteiger partial charge in [0.2, 0.25) is 5.91 Å². The van der Waals surface area contributed by atoms with E-state index in [2.05, 4.69) is 10.3 Å². The van der Waals surface area contributed by atoms with Crippen LogP contribution in [0.5, 0.6) is 0 Å². The van der Waals surface area contributed by atoms with Crippen molar-refractivity contribution in [2.45, 2.75) is 47.1 Å². The van der Waals surface area contributed by atoms with Crippen molar-refractivity contribution in [1.29, 1.82) is 0 Å². The second-order valence-electron chi connectivity index (χ2n) is 8.31. The minimum Gasteiger partial charge on any atom is -0.365 e. The van der Waals surface area contributed by atoms with Gasteiger partial charge in [-0.25, -0.2) is 13.8 Å². The maximum absolute atomic E-state index is 14.0. The van der Waals surface area contributed by atoms with Crippen LogP contribution in [-0.4, -0.2) is 17.4 Å². The molecule has 2 aromatic rings. The highest BCUT2D eigenvalue weighted by Crippen LogP contribution is 2.32. The molecule has 1 aliphatic heterocycles. The molecule has 0 unspecified atom stereocenters. The SMILES string of the molecule is Cc1cc2c(nc1NC(=O)CC(C)(C)C)CCN2Cc1ccc(F)cc1F. The number of aryl methyl sites for hydroxylation is 1. The standard InChI is InChI=1S/C21H25F2N3O/c1-13-9-18-17(24-20(13)25-19(27)11-21(2,3)4)7-8-26(18)12-14-5-6-15(22)10-16(14)23/h5-6,9-10H,7-8,11-12H2,1-4H3,(H,24,25,27). The molecule has 0 saturated heterocycles. The molecule has 1 N–H and O–H groups in total. The van der Waals surface area contributed by atoms with E-state index in [0.717, 1.165) is 29.4 Å². The Morgan fingerprint density at radius 3 is 2.67 bits per heavy atom. The lowest BCUT2D eigenvalue weighted by Crippen LogP contribution is -2.21. The second-order valence-corrected chi connectivity index (χ2v) is 8.31. The second kappa shape index (κ2) is 7.25. The Bertz CT molecular complexity index is 874. The van der Waals surface area contributed by atoms with E-state index in [1.165, 1.54) is 12.1 Å². The molecular weight excluding hydrogens is 348 g/mol. The van der Waals surface area contributed by atoms with Gasteiger partial charge in [0.05, 0.1) is 11.4 Å².